The zero-order valence-electron chi connectivity index (χ0n) is 16.8. The predicted octanol–water partition coefficient (Wildman–Crippen LogP) is 3.84. The number of rotatable bonds is 9. The maximum Gasteiger partial charge on any atom is 0.416 e. The van der Waals surface area contributed by atoms with Crippen LogP contribution in [-0.2, 0) is 37.1 Å². The number of hydrogen-bond acceptors (Lipinski definition) is 5. The minimum Gasteiger partial charge on any atom is -0.385 e. The standard InChI is InChI=1S/C18H18F6N2O5S2/c1-31-8-2-7-25-32(27,28)15-5-3-14(4-6-15)26-33(29,30)16-10-12(17(19,20)21)9-13(11-16)18(22,23)24/h3-6,9-11,25-26H,2,7-8H2,1H3. The second kappa shape index (κ2) is 9.87. The first-order chi connectivity index (χ1) is 15.1. The molecule has 0 radical (unpaired) electrons. The van der Waals surface area contributed by atoms with Gasteiger partial charge in [0, 0.05) is 25.9 Å². The molecule has 33 heavy (non-hydrogen) atoms. The van der Waals surface area contributed by atoms with Gasteiger partial charge in [-0.2, -0.15) is 26.3 Å². The topological polar surface area (TPSA) is 102 Å². The molecule has 15 heteroatoms. The Morgan fingerprint density at radius 3 is 1.76 bits per heavy atom. The van der Waals surface area contributed by atoms with Crippen molar-refractivity contribution in [3.05, 3.63) is 53.6 Å². The first kappa shape index (κ1) is 26.9. The molecule has 0 fully saturated rings. The summed E-state index contributed by atoms with van der Waals surface area (Å²) in [6.07, 6.45) is -10.1. The largest absolute Gasteiger partial charge is 0.416 e. The molecule has 0 spiro atoms. The van der Waals surface area contributed by atoms with E-state index in [2.05, 4.69) is 4.72 Å². The third kappa shape index (κ3) is 7.31. The van der Waals surface area contributed by atoms with E-state index in [9.17, 15) is 43.2 Å². The SMILES string of the molecule is COCCCNS(=O)(=O)c1ccc(NS(=O)(=O)c2cc(C(F)(F)F)cc(C(F)(F)F)c2)cc1. The van der Waals surface area contributed by atoms with Crippen molar-refractivity contribution < 1.29 is 47.9 Å². The van der Waals surface area contributed by atoms with Crippen LogP contribution in [0.25, 0.3) is 0 Å². The van der Waals surface area contributed by atoms with Crippen molar-refractivity contribution in [2.45, 2.75) is 28.6 Å². The molecular formula is C18H18F6N2O5S2. The lowest BCUT2D eigenvalue weighted by Crippen LogP contribution is -2.25. The number of alkyl halides is 6. The number of ether oxygens (including phenoxy) is 1. The number of anilines is 1. The molecule has 0 unspecified atom stereocenters. The summed E-state index contributed by atoms with van der Waals surface area (Å²) in [6.45, 7) is 0.385. The van der Waals surface area contributed by atoms with Gasteiger partial charge >= 0.3 is 12.4 Å². The summed E-state index contributed by atoms with van der Waals surface area (Å²) in [5, 5.41) is 0. The molecule has 0 atom stereocenters. The predicted molar refractivity (Wildman–Crippen MR) is 105 cm³/mol. The van der Waals surface area contributed by atoms with Gasteiger partial charge in [-0.05, 0) is 48.9 Å². The van der Waals surface area contributed by atoms with Crippen molar-refractivity contribution in [1.29, 1.82) is 0 Å². The molecule has 0 aliphatic heterocycles. The van der Waals surface area contributed by atoms with Crippen molar-refractivity contribution in [2.24, 2.45) is 0 Å². The number of benzene rings is 2. The first-order valence-corrected chi connectivity index (χ1v) is 11.9. The summed E-state index contributed by atoms with van der Waals surface area (Å²) in [5.41, 5.74) is -3.86. The molecule has 2 aromatic rings. The number of hydrogen-bond donors (Lipinski definition) is 2. The van der Waals surface area contributed by atoms with Gasteiger partial charge in [0.1, 0.15) is 0 Å². The molecule has 0 aliphatic carbocycles. The molecule has 0 aliphatic rings. The summed E-state index contributed by atoms with van der Waals surface area (Å²) >= 11 is 0. The van der Waals surface area contributed by atoms with Crippen molar-refractivity contribution in [1.82, 2.24) is 4.72 Å². The van der Waals surface area contributed by atoms with Crippen molar-refractivity contribution in [3.8, 4) is 0 Å². The molecule has 7 nitrogen and oxygen atoms in total. The lowest BCUT2D eigenvalue weighted by atomic mass is 10.1. The van der Waals surface area contributed by atoms with Gasteiger partial charge in [-0.1, -0.05) is 0 Å². The molecule has 0 amide bonds. The van der Waals surface area contributed by atoms with Crippen LogP contribution in [0.4, 0.5) is 32.0 Å². The summed E-state index contributed by atoms with van der Waals surface area (Å²) < 4.78 is 136. The third-order valence-corrected chi connectivity index (χ3v) is 6.94. The summed E-state index contributed by atoms with van der Waals surface area (Å²) in [6, 6.07) is 3.98. The molecule has 0 saturated heterocycles. The quantitative estimate of drug-likeness (QED) is 0.387. The van der Waals surface area contributed by atoms with Crippen LogP contribution in [0.3, 0.4) is 0 Å². The van der Waals surface area contributed by atoms with Gasteiger partial charge in [0.2, 0.25) is 10.0 Å². The van der Waals surface area contributed by atoms with Gasteiger partial charge in [0.25, 0.3) is 10.0 Å². The monoisotopic (exact) mass is 520 g/mol. The van der Waals surface area contributed by atoms with E-state index < -0.39 is 48.4 Å². The van der Waals surface area contributed by atoms with Crippen molar-refractivity contribution >= 4 is 25.7 Å². The van der Waals surface area contributed by atoms with E-state index in [1.807, 2.05) is 4.72 Å². The Morgan fingerprint density at radius 2 is 1.30 bits per heavy atom. The maximum absolute atomic E-state index is 13.0. The Balaban J connectivity index is 2.31. The molecule has 184 valence electrons. The number of sulfonamides is 2. The highest BCUT2D eigenvalue weighted by Gasteiger charge is 2.38. The highest BCUT2D eigenvalue weighted by atomic mass is 32.2. The number of methoxy groups -OCH3 is 1. The lowest BCUT2D eigenvalue weighted by molar-refractivity contribution is -0.143. The maximum atomic E-state index is 13.0. The van der Waals surface area contributed by atoms with E-state index in [0.29, 0.717) is 13.0 Å². The Labute approximate surface area is 185 Å². The van der Waals surface area contributed by atoms with Crippen LogP contribution < -0.4 is 9.44 Å². The lowest BCUT2D eigenvalue weighted by Gasteiger charge is -2.15. The average molecular weight is 520 g/mol. The van der Waals surface area contributed by atoms with Crippen LogP contribution in [0.15, 0.2) is 52.3 Å². The highest BCUT2D eigenvalue weighted by molar-refractivity contribution is 7.92. The van der Waals surface area contributed by atoms with Crippen LogP contribution >= 0.6 is 0 Å². The minimum atomic E-state index is -5.22. The third-order valence-electron chi connectivity index (χ3n) is 4.11. The van der Waals surface area contributed by atoms with Gasteiger partial charge in [-0.25, -0.2) is 21.6 Å². The second-order valence-corrected chi connectivity index (χ2v) is 10.1. The Morgan fingerprint density at radius 1 is 0.788 bits per heavy atom. The minimum absolute atomic E-state index is 0.0698. The fraction of sp³-hybridized carbons (Fsp3) is 0.333. The van der Waals surface area contributed by atoms with E-state index in [4.69, 9.17) is 4.74 Å². The van der Waals surface area contributed by atoms with Gasteiger partial charge in [-0.15, -0.1) is 0 Å². The molecule has 0 bridgehead atoms. The average Bonchev–Trinajstić information content (AvgIpc) is 2.70. The van der Waals surface area contributed by atoms with E-state index >= 15 is 0 Å². The molecule has 0 aromatic heterocycles. The van der Waals surface area contributed by atoms with E-state index in [1.54, 1.807) is 0 Å². The van der Waals surface area contributed by atoms with Crippen LogP contribution in [0.5, 0.6) is 0 Å². The first-order valence-electron chi connectivity index (χ1n) is 8.97. The normalized spacial score (nSPS) is 13.2. The Bertz CT molecular complexity index is 1150. The molecule has 2 rings (SSSR count). The Hall–Kier alpha value is -2.36. The van der Waals surface area contributed by atoms with Crippen molar-refractivity contribution in [3.63, 3.8) is 0 Å². The van der Waals surface area contributed by atoms with Crippen LogP contribution in [-0.4, -0.2) is 37.1 Å². The number of nitrogens with one attached hydrogen (secondary N) is 2. The van der Waals surface area contributed by atoms with Crippen molar-refractivity contribution in [2.75, 3.05) is 25.0 Å². The van der Waals surface area contributed by atoms with Gasteiger partial charge in [-0.3, -0.25) is 4.72 Å². The van der Waals surface area contributed by atoms with E-state index in [1.165, 1.54) is 7.11 Å². The molecular weight excluding hydrogens is 502 g/mol. The zero-order valence-corrected chi connectivity index (χ0v) is 18.4. The number of halogens is 6. The fourth-order valence-corrected chi connectivity index (χ4v) is 4.71. The molecule has 0 saturated carbocycles. The summed E-state index contributed by atoms with van der Waals surface area (Å²) in [7, 11) is -7.36. The van der Waals surface area contributed by atoms with Gasteiger partial charge in [0.15, 0.2) is 0 Å². The molecule has 0 heterocycles. The van der Waals surface area contributed by atoms with Crippen LogP contribution in [0, 0.1) is 0 Å². The summed E-state index contributed by atoms with van der Waals surface area (Å²) in [4.78, 5) is -1.50. The van der Waals surface area contributed by atoms with E-state index in [0.717, 1.165) is 24.3 Å². The summed E-state index contributed by atoms with van der Waals surface area (Å²) in [5.74, 6) is 0. The van der Waals surface area contributed by atoms with E-state index in [-0.39, 0.29) is 35.3 Å². The highest BCUT2D eigenvalue weighted by Crippen LogP contribution is 2.37. The van der Waals surface area contributed by atoms with Gasteiger partial charge in [0.05, 0.1) is 20.9 Å². The van der Waals surface area contributed by atoms with Crippen LogP contribution in [0.2, 0.25) is 0 Å². The molecule has 2 aromatic carbocycles. The smallest absolute Gasteiger partial charge is 0.385 e. The second-order valence-electron chi connectivity index (χ2n) is 6.62. The zero-order chi connectivity index (χ0) is 25.1. The Kier molecular flexibility index (Phi) is 8.04. The molecule has 2 N–H and O–H groups in total. The van der Waals surface area contributed by atoms with Crippen LogP contribution in [0.1, 0.15) is 17.5 Å². The fourth-order valence-electron chi connectivity index (χ4n) is 2.50. The van der Waals surface area contributed by atoms with Gasteiger partial charge < -0.3 is 4.74 Å².